The molecule has 1 aliphatic heterocycles. The summed E-state index contributed by atoms with van der Waals surface area (Å²) in [5, 5.41) is 11.4. The smallest absolute Gasteiger partial charge is 0.128 e. The lowest BCUT2D eigenvalue weighted by molar-refractivity contribution is 0.00302. The Bertz CT molecular complexity index is 458. The first-order chi connectivity index (χ1) is 9.58. The maximum Gasteiger partial charge on any atom is 0.128 e. The number of rotatable bonds is 5. The van der Waals surface area contributed by atoms with Crippen LogP contribution in [0.3, 0.4) is 0 Å². The molecule has 0 amide bonds. The van der Waals surface area contributed by atoms with Crippen molar-refractivity contribution >= 4 is 11.6 Å². The van der Waals surface area contributed by atoms with E-state index in [1.54, 1.807) is 0 Å². The number of hydrogen-bond donors (Lipinski definition) is 1. The highest BCUT2D eigenvalue weighted by Crippen LogP contribution is 2.38. The molecule has 112 valence electrons. The van der Waals surface area contributed by atoms with Gasteiger partial charge in [-0.2, -0.15) is 0 Å². The van der Waals surface area contributed by atoms with Crippen molar-refractivity contribution in [3.63, 3.8) is 0 Å². The average molecular weight is 298 g/mol. The van der Waals surface area contributed by atoms with Gasteiger partial charge in [-0.15, -0.1) is 0 Å². The molecule has 1 heterocycles. The Morgan fingerprint density at radius 1 is 1.30 bits per heavy atom. The molecule has 0 fully saturated rings. The maximum atomic E-state index is 10.7. The third kappa shape index (κ3) is 3.11. The highest BCUT2D eigenvalue weighted by Gasteiger charge is 2.34. The van der Waals surface area contributed by atoms with Crippen LogP contribution in [0.25, 0.3) is 0 Å². The lowest BCUT2D eigenvalue weighted by atomic mass is 9.95. The number of fused-ring (bicyclic) bond motifs is 1. The monoisotopic (exact) mass is 297 g/mol. The fourth-order valence-electron chi connectivity index (χ4n) is 2.96. The van der Waals surface area contributed by atoms with Crippen molar-refractivity contribution in [3.8, 4) is 5.75 Å². The van der Waals surface area contributed by atoms with Crippen LogP contribution in [0.1, 0.15) is 43.9 Å². The number of benzene rings is 1. The van der Waals surface area contributed by atoms with Gasteiger partial charge in [-0.1, -0.05) is 25.4 Å². The Labute approximate surface area is 126 Å². The van der Waals surface area contributed by atoms with E-state index in [2.05, 4.69) is 18.7 Å². The highest BCUT2D eigenvalue weighted by atomic mass is 35.5. The molecule has 1 aliphatic rings. The number of ether oxygens (including phenoxy) is 1. The zero-order chi connectivity index (χ0) is 14.7. The van der Waals surface area contributed by atoms with Crippen molar-refractivity contribution in [2.75, 3.05) is 19.7 Å². The van der Waals surface area contributed by atoms with Gasteiger partial charge in [-0.3, -0.25) is 4.90 Å². The van der Waals surface area contributed by atoms with E-state index in [1.165, 1.54) is 0 Å². The summed E-state index contributed by atoms with van der Waals surface area (Å²) in [6.45, 7) is 8.78. The van der Waals surface area contributed by atoms with Crippen LogP contribution in [0.4, 0.5) is 0 Å². The average Bonchev–Trinajstić information content (AvgIpc) is 2.40. The molecule has 1 N–H and O–H groups in total. The first-order valence-corrected chi connectivity index (χ1v) is 7.81. The molecule has 1 aromatic carbocycles. The Morgan fingerprint density at radius 3 is 2.55 bits per heavy atom. The van der Waals surface area contributed by atoms with Crippen LogP contribution in [0.5, 0.6) is 5.75 Å². The molecular formula is C16H24ClNO2. The molecule has 4 heteroatoms. The third-order valence-corrected chi connectivity index (χ3v) is 4.06. The predicted octanol–water partition coefficient (Wildman–Crippen LogP) is 3.56. The van der Waals surface area contributed by atoms with Gasteiger partial charge >= 0.3 is 0 Å². The van der Waals surface area contributed by atoms with E-state index in [1.807, 2.05) is 19.1 Å². The first-order valence-electron chi connectivity index (χ1n) is 7.43. The van der Waals surface area contributed by atoms with Gasteiger partial charge in [0.05, 0.1) is 6.04 Å². The van der Waals surface area contributed by atoms with Crippen LogP contribution >= 0.6 is 11.6 Å². The second kappa shape index (κ2) is 6.79. The number of aliphatic hydroxyl groups excluding tert-OH is 1. The Kier molecular flexibility index (Phi) is 5.30. The minimum atomic E-state index is -0.533. The number of hydrogen-bond acceptors (Lipinski definition) is 3. The van der Waals surface area contributed by atoms with Gasteiger partial charge in [0.2, 0.25) is 0 Å². The Hall–Kier alpha value is -0.770. The van der Waals surface area contributed by atoms with Gasteiger partial charge in [0.15, 0.2) is 0 Å². The molecular weight excluding hydrogens is 274 g/mol. The summed E-state index contributed by atoms with van der Waals surface area (Å²) in [5.74, 6) is 0.797. The van der Waals surface area contributed by atoms with Crippen LogP contribution in [-0.4, -0.2) is 35.7 Å². The normalized spacial score (nSPS) is 21.7. The summed E-state index contributed by atoms with van der Waals surface area (Å²) in [6, 6.07) is 3.72. The van der Waals surface area contributed by atoms with E-state index >= 15 is 0 Å². The SMILES string of the molecule is CCCN(CCC)C1COc2c(C)cc(Cl)cc2C1O. The zero-order valence-corrected chi connectivity index (χ0v) is 13.3. The van der Waals surface area contributed by atoms with Gasteiger partial charge in [0, 0.05) is 10.6 Å². The molecule has 0 spiro atoms. The minimum Gasteiger partial charge on any atom is -0.491 e. The van der Waals surface area contributed by atoms with Gasteiger partial charge in [-0.05, 0) is 50.6 Å². The first kappa shape index (κ1) is 15.6. The minimum absolute atomic E-state index is 0.0141. The fourth-order valence-corrected chi connectivity index (χ4v) is 3.24. The molecule has 0 aromatic heterocycles. The van der Waals surface area contributed by atoms with E-state index < -0.39 is 6.10 Å². The molecule has 2 rings (SSSR count). The zero-order valence-electron chi connectivity index (χ0n) is 12.5. The summed E-state index contributed by atoms with van der Waals surface area (Å²) >= 11 is 6.12. The fraction of sp³-hybridized carbons (Fsp3) is 0.625. The largest absolute Gasteiger partial charge is 0.491 e. The van der Waals surface area contributed by atoms with Gasteiger partial charge < -0.3 is 9.84 Å². The number of aliphatic hydroxyl groups is 1. The standard InChI is InChI=1S/C16H24ClNO2/c1-4-6-18(7-5-2)14-10-20-16-11(3)8-12(17)9-13(16)15(14)19/h8-9,14-15,19H,4-7,10H2,1-3H3. The van der Waals surface area contributed by atoms with E-state index in [0.29, 0.717) is 11.6 Å². The van der Waals surface area contributed by atoms with Crippen LogP contribution < -0.4 is 4.74 Å². The van der Waals surface area contributed by atoms with E-state index in [0.717, 1.165) is 42.8 Å². The Morgan fingerprint density at radius 2 is 1.95 bits per heavy atom. The molecule has 0 saturated carbocycles. The number of halogens is 1. The molecule has 0 aliphatic carbocycles. The third-order valence-electron chi connectivity index (χ3n) is 3.84. The van der Waals surface area contributed by atoms with E-state index in [9.17, 15) is 5.11 Å². The van der Waals surface area contributed by atoms with Gasteiger partial charge in [-0.25, -0.2) is 0 Å². The lowest BCUT2D eigenvalue weighted by Crippen LogP contribution is -2.46. The lowest BCUT2D eigenvalue weighted by Gasteiger charge is -2.38. The van der Waals surface area contributed by atoms with Crippen molar-refractivity contribution < 1.29 is 9.84 Å². The summed E-state index contributed by atoms with van der Waals surface area (Å²) in [5.41, 5.74) is 1.81. The molecule has 20 heavy (non-hydrogen) atoms. The topological polar surface area (TPSA) is 32.7 Å². The number of aryl methyl sites for hydroxylation is 1. The van der Waals surface area contributed by atoms with Crippen LogP contribution in [-0.2, 0) is 0 Å². The van der Waals surface area contributed by atoms with Crippen molar-refractivity contribution in [2.24, 2.45) is 0 Å². The quantitative estimate of drug-likeness (QED) is 0.902. The second-order valence-corrected chi connectivity index (χ2v) is 5.94. The second-order valence-electron chi connectivity index (χ2n) is 5.50. The van der Waals surface area contributed by atoms with Crippen molar-refractivity contribution in [1.29, 1.82) is 0 Å². The van der Waals surface area contributed by atoms with Crippen LogP contribution in [0.2, 0.25) is 5.02 Å². The molecule has 0 bridgehead atoms. The highest BCUT2D eigenvalue weighted by molar-refractivity contribution is 6.30. The molecule has 1 aromatic rings. The summed E-state index contributed by atoms with van der Waals surface area (Å²) < 4.78 is 5.91. The van der Waals surface area contributed by atoms with E-state index in [4.69, 9.17) is 16.3 Å². The summed E-state index contributed by atoms with van der Waals surface area (Å²) in [6.07, 6.45) is 1.62. The Balaban J connectivity index is 2.28. The molecule has 2 atom stereocenters. The molecule has 0 saturated heterocycles. The van der Waals surface area contributed by atoms with E-state index in [-0.39, 0.29) is 6.04 Å². The van der Waals surface area contributed by atoms with Gasteiger partial charge in [0.1, 0.15) is 18.5 Å². The number of nitrogens with zero attached hydrogens (tertiary/aromatic N) is 1. The van der Waals surface area contributed by atoms with Gasteiger partial charge in [0.25, 0.3) is 0 Å². The summed E-state index contributed by atoms with van der Waals surface area (Å²) in [7, 11) is 0. The van der Waals surface area contributed by atoms with Crippen LogP contribution in [0, 0.1) is 6.92 Å². The predicted molar refractivity (Wildman–Crippen MR) is 82.6 cm³/mol. The maximum absolute atomic E-state index is 10.7. The van der Waals surface area contributed by atoms with Crippen molar-refractivity contribution in [3.05, 3.63) is 28.3 Å². The molecule has 3 nitrogen and oxygen atoms in total. The molecule has 2 unspecified atom stereocenters. The van der Waals surface area contributed by atoms with Crippen molar-refractivity contribution in [2.45, 2.75) is 45.8 Å². The summed E-state index contributed by atoms with van der Waals surface area (Å²) in [4.78, 5) is 2.32. The van der Waals surface area contributed by atoms with Crippen LogP contribution in [0.15, 0.2) is 12.1 Å². The van der Waals surface area contributed by atoms with Crippen molar-refractivity contribution in [1.82, 2.24) is 4.90 Å². The molecule has 0 radical (unpaired) electrons.